The minimum Gasteiger partial charge on any atom is -0.371 e. The molecule has 1 aliphatic rings. The minimum atomic E-state index is 0.560. The summed E-state index contributed by atoms with van der Waals surface area (Å²) in [6.07, 6.45) is 6.01. The van der Waals surface area contributed by atoms with Crippen molar-refractivity contribution in [3.8, 4) is 0 Å². The van der Waals surface area contributed by atoms with Crippen molar-refractivity contribution in [1.82, 2.24) is 15.5 Å². The average Bonchev–Trinajstić information content (AvgIpc) is 2.92. The number of nitrogens with zero attached hydrogens (tertiary/aromatic N) is 3. The Balaban J connectivity index is 1.47. The molecule has 5 heteroatoms. The third kappa shape index (κ3) is 3.17. The monoisotopic (exact) mass is 272 g/mol. The number of hydrogen-bond acceptors (Lipinski definition) is 5. The quantitative estimate of drug-likeness (QED) is 0.924. The smallest absolute Gasteiger partial charge is 0.133 e. The summed E-state index contributed by atoms with van der Waals surface area (Å²) in [5, 5.41) is 7.57. The van der Waals surface area contributed by atoms with Crippen molar-refractivity contribution in [3.05, 3.63) is 42.0 Å². The van der Waals surface area contributed by atoms with Crippen molar-refractivity contribution >= 4 is 5.69 Å². The van der Waals surface area contributed by atoms with Gasteiger partial charge in [0.1, 0.15) is 5.76 Å². The van der Waals surface area contributed by atoms with Gasteiger partial charge < -0.3 is 14.7 Å². The van der Waals surface area contributed by atoms with Gasteiger partial charge in [0, 0.05) is 49.8 Å². The van der Waals surface area contributed by atoms with Crippen LogP contribution in [0.3, 0.4) is 0 Å². The minimum absolute atomic E-state index is 0.560. The van der Waals surface area contributed by atoms with Gasteiger partial charge in [-0.3, -0.25) is 4.98 Å². The Morgan fingerprint density at radius 2 is 2.05 bits per heavy atom. The normalized spacial score (nSPS) is 16.6. The lowest BCUT2D eigenvalue weighted by Gasteiger charge is -2.33. The maximum Gasteiger partial charge on any atom is 0.133 e. The number of nitrogens with one attached hydrogen (secondary N) is 1. The second-order valence-corrected chi connectivity index (χ2v) is 5.28. The molecule has 3 rings (SSSR count). The highest BCUT2D eigenvalue weighted by Crippen LogP contribution is 2.19. The van der Waals surface area contributed by atoms with Crippen molar-refractivity contribution in [1.29, 1.82) is 0 Å². The van der Waals surface area contributed by atoms with Gasteiger partial charge in [0.05, 0.1) is 5.69 Å². The standard InChI is InChI=1S/C15H20N4O/c1-12-10-14(18-20-12)11-17-13-4-8-19(9-5-13)15-2-6-16-7-3-15/h2-3,6-7,10,13,17H,4-5,8-9,11H2,1H3. The molecule has 0 aromatic carbocycles. The van der Waals surface area contributed by atoms with Crippen LogP contribution in [0.25, 0.3) is 0 Å². The Morgan fingerprint density at radius 1 is 1.30 bits per heavy atom. The number of aryl methyl sites for hydroxylation is 1. The first-order valence-corrected chi connectivity index (χ1v) is 7.12. The van der Waals surface area contributed by atoms with E-state index in [0.717, 1.165) is 43.9 Å². The largest absolute Gasteiger partial charge is 0.371 e. The molecular formula is C15H20N4O. The second-order valence-electron chi connectivity index (χ2n) is 5.28. The number of anilines is 1. The summed E-state index contributed by atoms with van der Waals surface area (Å²) in [6, 6.07) is 6.70. The van der Waals surface area contributed by atoms with E-state index in [9.17, 15) is 0 Å². The summed E-state index contributed by atoms with van der Waals surface area (Å²) < 4.78 is 5.08. The Labute approximate surface area is 119 Å². The molecule has 0 saturated carbocycles. The fourth-order valence-corrected chi connectivity index (χ4v) is 2.65. The van der Waals surface area contributed by atoms with Crippen LogP contribution in [-0.2, 0) is 6.54 Å². The first kappa shape index (κ1) is 13.1. The van der Waals surface area contributed by atoms with E-state index in [1.54, 1.807) is 0 Å². The molecule has 0 spiro atoms. The molecule has 0 radical (unpaired) electrons. The molecule has 2 aromatic heterocycles. The maximum atomic E-state index is 5.08. The molecule has 0 unspecified atom stereocenters. The van der Waals surface area contributed by atoms with E-state index in [2.05, 4.69) is 32.5 Å². The van der Waals surface area contributed by atoms with Crippen LogP contribution in [0.15, 0.2) is 35.1 Å². The molecule has 3 heterocycles. The number of aromatic nitrogens is 2. The van der Waals surface area contributed by atoms with Crippen molar-refractivity contribution in [2.75, 3.05) is 18.0 Å². The van der Waals surface area contributed by atoms with Gasteiger partial charge in [0.2, 0.25) is 0 Å². The number of rotatable bonds is 4. The fourth-order valence-electron chi connectivity index (χ4n) is 2.65. The maximum absolute atomic E-state index is 5.08. The highest BCUT2D eigenvalue weighted by atomic mass is 16.5. The summed E-state index contributed by atoms with van der Waals surface area (Å²) >= 11 is 0. The van der Waals surface area contributed by atoms with Crippen LogP contribution in [0.1, 0.15) is 24.3 Å². The van der Waals surface area contributed by atoms with Gasteiger partial charge >= 0.3 is 0 Å². The molecule has 0 bridgehead atoms. The van der Waals surface area contributed by atoms with Crippen LogP contribution >= 0.6 is 0 Å². The topological polar surface area (TPSA) is 54.2 Å². The van der Waals surface area contributed by atoms with Crippen LogP contribution in [-0.4, -0.2) is 29.3 Å². The van der Waals surface area contributed by atoms with Gasteiger partial charge in [-0.2, -0.15) is 0 Å². The lowest BCUT2D eigenvalue weighted by molar-refractivity contribution is 0.376. The third-order valence-corrected chi connectivity index (χ3v) is 3.77. The zero-order chi connectivity index (χ0) is 13.8. The summed E-state index contributed by atoms with van der Waals surface area (Å²) in [5.74, 6) is 0.870. The first-order valence-electron chi connectivity index (χ1n) is 7.12. The van der Waals surface area contributed by atoms with Crippen molar-refractivity contribution < 1.29 is 4.52 Å². The third-order valence-electron chi connectivity index (χ3n) is 3.77. The van der Waals surface area contributed by atoms with Crippen molar-refractivity contribution in [2.45, 2.75) is 32.4 Å². The van der Waals surface area contributed by atoms with Crippen LogP contribution < -0.4 is 10.2 Å². The van der Waals surface area contributed by atoms with E-state index in [4.69, 9.17) is 4.52 Å². The predicted octanol–water partition coefficient (Wildman–Crippen LogP) is 2.14. The Bertz CT molecular complexity index is 532. The van der Waals surface area contributed by atoms with Gasteiger partial charge in [-0.15, -0.1) is 0 Å². The Hall–Kier alpha value is -1.88. The molecule has 0 aliphatic carbocycles. The summed E-state index contributed by atoms with van der Waals surface area (Å²) in [7, 11) is 0. The highest BCUT2D eigenvalue weighted by Gasteiger charge is 2.19. The fraction of sp³-hybridized carbons (Fsp3) is 0.467. The van der Waals surface area contributed by atoms with Gasteiger partial charge in [0.25, 0.3) is 0 Å². The van der Waals surface area contributed by atoms with Crippen molar-refractivity contribution in [3.63, 3.8) is 0 Å². The van der Waals surface area contributed by atoms with Gasteiger partial charge in [-0.05, 0) is 31.9 Å². The Morgan fingerprint density at radius 3 is 2.70 bits per heavy atom. The second kappa shape index (κ2) is 6.05. The van der Waals surface area contributed by atoms with E-state index in [-0.39, 0.29) is 0 Å². The van der Waals surface area contributed by atoms with E-state index in [0.29, 0.717) is 6.04 Å². The van der Waals surface area contributed by atoms with Gasteiger partial charge in [-0.1, -0.05) is 5.16 Å². The SMILES string of the molecule is Cc1cc(CNC2CCN(c3ccncc3)CC2)no1. The highest BCUT2D eigenvalue weighted by molar-refractivity contribution is 5.44. The summed E-state index contributed by atoms with van der Waals surface area (Å²) in [5.41, 5.74) is 2.25. The molecule has 0 amide bonds. The van der Waals surface area contributed by atoms with E-state index < -0.39 is 0 Å². The molecule has 5 nitrogen and oxygen atoms in total. The Kier molecular flexibility index (Phi) is 3.97. The molecule has 1 saturated heterocycles. The molecule has 20 heavy (non-hydrogen) atoms. The molecular weight excluding hydrogens is 252 g/mol. The molecule has 2 aromatic rings. The summed E-state index contributed by atoms with van der Waals surface area (Å²) in [4.78, 5) is 6.48. The number of piperidine rings is 1. The van der Waals surface area contributed by atoms with Crippen molar-refractivity contribution in [2.24, 2.45) is 0 Å². The zero-order valence-corrected chi connectivity index (χ0v) is 11.7. The summed E-state index contributed by atoms with van der Waals surface area (Å²) in [6.45, 7) is 4.88. The predicted molar refractivity (Wildman–Crippen MR) is 77.6 cm³/mol. The first-order chi connectivity index (χ1) is 9.81. The lowest BCUT2D eigenvalue weighted by atomic mass is 10.0. The van der Waals surface area contributed by atoms with Gasteiger partial charge in [-0.25, -0.2) is 0 Å². The molecule has 1 aliphatic heterocycles. The number of hydrogen-bond donors (Lipinski definition) is 1. The van der Waals surface area contributed by atoms with E-state index in [1.807, 2.05) is 25.4 Å². The van der Waals surface area contributed by atoms with Crippen LogP contribution in [0, 0.1) is 6.92 Å². The van der Waals surface area contributed by atoms with Crippen LogP contribution in [0.2, 0.25) is 0 Å². The molecule has 0 atom stereocenters. The van der Waals surface area contributed by atoms with E-state index in [1.165, 1.54) is 5.69 Å². The van der Waals surface area contributed by atoms with Crippen LogP contribution in [0.4, 0.5) is 5.69 Å². The van der Waals surface area contributed by atoms with Crippen LogP contribution in [0.5, 0.6) is 0 Å². The van der Waals surface area contributed by atoms with Gasteiger partial charge in [0.15, 0.2) is 0 Å². The molecule has 1 fully saturated rings. The average molecular weight is 272 g/mol. The molecule has 1 N–H and O–H groups in total. The lowest BCUT2D eigenvalue weighted by Crippen LogP contribution is -2.42. The zero-order valence-electron chi connectivity index (χ0n) is 11.7. The molecule has 106 valence electrons. The number of pyridine rings is 1. The van der Waals surface area contributed by atoms with E-state index >= 15 is 0 Å².